The van der Waals surface area contributed by atoms with Crippen LogP contribution in [0.15, 0.2) is 61.1 Å². The van der Waals surface area contributed by atoms with Crippen molar-refractivity contribution in [3.05, 3.63) is 82.3 Å². The van der Waals surface area contributed by atoms with Crippen molar-refractivity contribution in [1.82, 2.24) is 14.8 Å². The fraction of sp³-hybridized carbons (Fsp3) is 0.176. The molecule has 0 saturated carbocycles. The number of rotatable bonds is 6. The number of aromatic nitrogens is 3. The minimum absolute atomic E-state index is 0.0107. The van der Waals surface area contributed by atoms with E-state index in [9.17, 15) is 10.1 Å². The quantitative estimate of drug-likeness (QED) is 0.555. The number of anilines is 1. The largest absolute Gasteiger partial charge is 0.363 e. The van der Waals surface area contributed by atoms with Crippen LogP contribution in [0.3, 0.4) is 0 Å². The first-order valence-corrected chi connectivity index (χ1v) is 7.55. The molecule has 24 heavy (non-hydrogen) atoms. The van der Waals surface area contributed by atoms with Gasteiger partial charge in [0.1, 0.15) is 12.0 Å². The van der Waals surface area contributed by atoms with Crippen LogP contribution in [0.2, 0.25) is 0 Å². The van der Waals surface area contributed by atoms with E-state index < -0.39 is 4.92 Å². The maximum absolute atomic E-state index is 10.6. The SMILES string of the molecule is CC(Nc1ccc([N+](=O)[O-])cn1)c1cnn(Cc2ccccc2)c1. The molecule has 2 aromatic heterocycles. The fourth-order valence-electron chi connectivity index (χ4n) is 2.34. The highest BCUT2D eigenvalue weighted by Gasteiger charge is 2.11. The van der Waals surface area contributed by atoms with E-state index >= 15 is 0 Å². The minimum atomic E-state index is -0.464. The normalized spacial score (nSPS) is 11.9. The molecule has 0 aliphatic carbocycles. The summed E-state index contributed by atoms with van der Waals surface area (Å²) in [5.41, 5.74) is 2.18. The van der Waals surface area contributed by atoms with Gasteiger partial charge in [-0.1, -0.05) is 30.3 Å². The van der Waals surface area contributed by atoms with Gasteiger partial charge in [0.05, 0.1) is 23.7 Å². The molecule has 0 radical (unpaired) electrons. The Morgan fingerprint density at radius 2 is 2.00 bits per heavy atom. The van der Waals surface area contributed by atoms with Crippen LogP contribution in [0.1, 0.15) is 24.1 Å². The average molecular weight is 323 g/mol. The number of nitrogens with one attached hydrogen (secondary N) is 1. The summed E-state index contributed by atoms with van der Waals surface area (Å²) < 4.78 is 1.88. The molecule has 0 bridgehead atoms. The third-order valence-corrected chi connectivity index (χ3v) is 3.66. The Hall–Kier alpha value is -3.22. The molecule has 2 heterocycles. The summed E-state index contributed by atoms with van der Waals surface area (Å²) in [6, 6.07) is 13.1. The summed E-state index contributed by atoms with van der Waals surface area (Å²) in [6.07, 6.45) is 5.04. The molecule has 0 fully saturated rings. The highest BCUT2D eigenvalue weighted by Crippen LogP contribution is 2.19. The standard InChI is InChI=1S/C17H17N5O2/c1-13(20-17-8-7-16(10-18-17)22(23)24)15-9-19-21(12-15)11-14-5-3-2-4-6-14/h2-10,12-13H,11H2,1H3,(H,18,20). The van der Waals surface area contributed by atoms with Gasteiger partial charge in [-0.15, -0.1) is 0 Å². The summed E-state index contributed by atoms with van der Waals surface area (Å²) in [4.78, 5) is 14.2. The smallest absolute Gasteiger partial charge is 0.287 e. The second-order valence-corrected chi connectivity index (χ2v) is 5.48. The van der Waals surface area contributed by atoms with Gasteiger partial charge in [0.15, 0.2) is 0 Å². The molecule has 3 aromatic rings. The van der Waals surface area contributed by atoms with Crippen molar-refractivity contribution in [3.63, 3.8) is 0 Å². The van der Waals surface area contributed by atoms with Crippen LogP contribution in [-0.2, 0) is 6.54 Å². The number of nitro groups is 1. The second kappa shape index (κ2) is 6.91. The molecule has 0 aliphatic rings. The summed E-state index contributed by atoms with van der Waals surface area (Å²) >= 11 is 0. The third kappa shape index (κ3) is 3.75. The van der Waals surface area contributed by atoms with E-state index in [0.717, 1.165) is 5.56 Å². The maximum atomic E-state index is 10.6. The van der Waals surface area contributed by atoms with Gasteiger partial charge in [0.2, 0.25) is 0 Å². The van der Waals surface area contributed by atoms with E-state index in [0.29, 0.717) is 12.4 Å². The topological polar surface area (TPSA) is 85.9 Å². The lowest BCUT2D eigenvalue weighted by Crippen LogP contribution is -2.07. The van der Waals surface area contributed by atoms with Crippen LogP contribution < -0.4 is 5.32 Å². The molecule has 7 nitrogen and oxygen atoms in total. The predicted octanol–water partition coefficient (Wildman–Crippen LogP) is 3.41. The Kier molecular flexibility index (Phi) is 4.51. The molecule has 3 rings (SSSR count). The zero-order valence-electron chi connectivity index (χ0n) is 13.2. The number of hydrogen-bond donors (Lipinski definition) is 1. The molecule has 1 atom stereocenters. The molecule has 1 N–H and O–H groups in total. The highest BCUT2D eigenvalue weighted by atomic mass is 16.6. The summed E-state index contributed by atoms with van der Waals surface area (Å²) in [7, 11) is 0. The lowest BCUT2D eigenvalue weighted by molar-refractivity contribution is -0.385. The van der Waals surface area contributed by atoms with Gasteiger partial charge in [-0.2, -0.15) is 5.10 Å². The number of hydrogen-bond acceptors (Lipinski definition) is 5. The van der Waals surface area contributed by atoms with Gasteiger partial charge < -0.3 is 5.32 Å². The van der Waals surface area contributed by atoms with Crippen molar-refractivity contribution < 1.29 is 4.92 Å². The lowest BCUT2D eigenvalue weighted by atomic mass is 10.2. The zero-order chi connectivity index (χ0) is 16.9. The maximum Gasteiger partial charge on any atom is 0.287 e. The van der Waals surface area contributed by atoms with Gasteiger partial charge in [0.25, 0.3) is 5.69 Å². The Labute approximate surface area is 139 Å². The Balaban J connectivity index is 1.65. The molecule has 0 amide bonds. The van der Waals surface area contributed by atoms with Crippen LogP contribution in [0.4, 0.5) is 11.5 Å². The van der Waals surface area contributed by atoms with Gasteiger partial charge in [-0.05, 0) is 18.6 Å². The van der Waals surface area contributed by atoms with Crippen molar-refractivity contribution in [3.8, 4) is 0 Å². The van der Waals surface area contributed by atoms with Crippen LogP contribution in [-0.4, -0.2) is 19.7 Å². The first-order valence-electron chi connectivity index (χ1n) is 7.55. The Morgan fingerprint density at radius 3 is 2.67 bits per heavy atom. The molecular formula is C17H17N5O2. The summed E-state index contributed by atoms with van der Waals surface area (Å²) in [5.74, 6) is 0.587. The molecular weight excluding hydrogens is 306 g/mol. The van der Waals surface area contributed by atoms with Gasteiger partial charge in [-0.25, -0.2) is 4.98 Å². The fourth-order valence-corrected chi connectivity index (χ4v) is 2.34. The van der Waals surface area contributed by atoms with Crippen LogP contribution in [0, 0.1) is 10.1 Å². The number of pyridine rings is 1. The van der Waals surface area contributed by atoms with Crippen molar-refractivity contribution in [2.24, 2.45) is 0 Å². The van der Waals surface area contributed by atoms with E-state index in [1.165, 1.54) is 17.8 Å². The molecule has 0 aliphatic heterocycles. The summed E-state index contributed by atoms with van der Waals surface area (Å²) in [5, 5.41) is 18.2. The van der Waals surface area contributed by atoms with Gasteiger partial charge in [0, 0.05) is 17.8 Å². The monoisotopic (exact) mass is 323 g/mol. The van der Waals surface area contributed by atoms with Gasteiger partial charge >= 0.3 is 0 Å². The minimum Gasteiger partial charge on any atom is -0.363 e. The van der Waals surface area contributed by atoms with Crippen molar-refractivity contribution in [2.75, 3.05) is 5.32 Å². The Morgan fingerprint density at radius 1 is 1.21 bits per heavy atom. The van der Waals surface area contributed by atoms with Crippen LogP contribution >= 0.6 is 0 Å². The molecule has 1 unspecified atom stereocenters. The molecule has 7 heteroatoms. The van der Waals surface area contributed by atoms with Crippen molar-refractivity contribution in [2.45, 2.75) is 19.5 Å². The van der Waals surface area contributed by atoms with Gasteiger partial charge in [-0.3, -0.25) is 14.8 Å². The first-order chi connectivity index (χ1) is 11.6. The second-order valence-electron chi connectivity index (χ2n) is 5.48. The van der Waals surface area contributed by atoms with E-state index in [1.54, 1.807) is 6.07 Å². The predicted molar refractivity (Wildman–Crippen MR) is 90.7 cm³/mol. The van der Waals surface area contributed by atoms with Crippen LogP contribution in [0.25, 0.3) is 0 Å². The van der Waals surface area contributed by atoms with E-state index in [2.05, 4.69) is 27.5 Å². The molecule has 122 valence electrons. The number of nitrogens with zero attached hydrogens (tertiary/aromatic N) is 4. The third-order valence-electron chi connectivity index (χ3n) is 3.66. The van der Waals surface area contributed by atoms with E-state index in [-0.39, 0.29) is 11.7 Å². The number of benzene rings is 1. The molecule has 1 aromatic carbocycles. The van der Waals surface area contributed by atoms with Crippen molar-refractivity contribution >= 4 is 11.5 Å². The van der Waals surface area contributed by atoms with Crippen molar-refractivity contribution in [1.29, 1.82) is 0 Å². The summed E-state index contributed by atoms with van der Waals surface area (Å²) in [6.45, 7) is 2.70. The Bertz CT molecular complexity index is 815. The molecule has 0 saturated heterocycles. The average Bonchev–Trinajstić information content (AvgIpc) is 3.05. The van der Waals surface area contributed by atoms with E-state index in [4.69, 9.17) is 0 Å². The zero-order valence-corrected chi connectivity index (χ0v) is 13.2. The van der Waals surface area contributed by atoms with Crippen LogP contribution in [0.5, 0.6) is 0 Å². The first kappa shape index (κ1) is 15.7. The van der Waals surface area contributed by atoms with E-state index in [1.807, 2.05) is 42.2 Å². The molecule has 0 spiro atoms. The lowest BCUT2D eigenvalue weighted by Gasteiger charge is -2.12. The highest BCUT2D eigenvalue weighted by molar-refractivity contribution is 5.42.